The molecule has 0 saturated heterocycles. The standard InChI is InChI=1S/C15H14N4/c16-10-19-14-5-3-11(13-2-1-7-18-9-13)8-12(14)4-6-15(19)17/h1-3,5,7-10,16-17H,4,6H2. The largest absolute Gasteiger partial charge is 0.291 e. The third-order valence-corrected chi connectivity index (χ3v) is 3.38. The fraction of sp³-hybridized carbons (Fsp3) is 0.133. The lowest BCUT2D eigenvalue weighted by atomic mass is 9.96. The van der Waals surface area contributed by atoms with Crippen LogP contribution in [0.2, 0.25) is 0 Å². The molecule has 0 unspecified atom stereocenters. The van der Waals surface area contributed by atoms with E-state index in [2.05, 4.69) is 11.1 Å². The van der Waals surface area contributed by atoms with Crippen LogP contribution in [-0.2, 0) is 6.42 Å². The van der Waals surface area contributed by atoms with Crippen molar-refractivity contribution in [2.24, 2.45) is 0 Å². The van der Waals surface area contributed by atoms with Gasteiger partial charge in [-0.2, -0.15) is 0 Å². The molecule has 3 rings (SSSR count). The first-order valence-corrected chi connectivity index (χ1v) is 6.20. The topological polar surface area (TPSA) is 63.8 Å². The molecule has 4 heteroatoms. The van der Waals surface area contributed by atoms with Gasteiger partial charge in [0, 0.05) is 18.8 Å². The molecule has 2 N–H and O–H groups in total. The molecule has 94 valence electrons. The van der Waals surface area contributed by atoms with Crippen molar-refractivity contribution in [1.82, 2.24) is 4.98 Å². The van der Waals surface area contributed by atoms with Crippen molar-refractivity contribution in [2.45, 2.75) is 12.8 Å². The Kier molecular flexibility index (Phi) is 2.83. The Labute approximate surface area is 111 Å². The first-order valence-electron chi connectivity index (χ1n) is 6.20. The average Bonchev–Trinajstić information content (AvgIpc) is 2.47. The number of nitrogens with one attached hydrogen (secondary N) is 2. The first kappa shape index (κ1) is 11.6. The normalized spacial score (nSPS) is 14.1. The van der Waals surface area contributed by atoms with Crippen molar-refractivity contribution < 1.29 is 0 Å². The van der Waals surface area contributed by atoms with Gasteiger partial charge in [0.2, 0.25) is 0 Å². The van der Waals surface area contributed by atoms with Crippen LogP contribution in [0, 0.1) is 10.8 Å². The Bertz CT molecular complexity index is 634. The van der Waals surface area contributed by atoms with Gasteiger partial charge in [0.1, 0.15) is 5.84 Å². The van der Waals surface area contributed by atoms with E-state index in [0.29, 0.717) is 12.3 Å². The SMILES string of the molecule is N=CN1C(=N)CCc2cc(-c3cccnc3)ccc21. The van der Waals surface area contributed by atoms with Crippen LogP contribution in [0.25, 0.3) is 11.1 Å². The van der Waals surface area contributed by atoms with E-state index in [1.807, 2.05) is 30.5 Å². The molecule has 4 nitrogen and oxygen atoms in total. The molecule has 0 amide bonds. The fourth-order valence-electron chi connectivity index (χ4n) is 2.40. The summed E-state index contributed by atoms with van der Waals surface area (Å²) >= 11 is 0. The second kappa shape index (κ2) is 4.65. The van der Waals surface area contributed by atoms with Gasteiger partial charge in [0.05, 0.1) is 12.0 Å². The predicted octanol–water partition coefficient (Wildman–Crippen LogP) is 3.09. The number of aryl methyl sites for hydroxylation is 1. The lowest BCUT2D eigenvalue weighted by molar-refractivity contribution is 0.974. The Morgan fingerprint density at radius 2 is 2.05 bits per heavy atom. The van der Waals surface area contributed by atoms with Gasteiger partial charge in [-0.3, -0.25) is 20.7 Å². The minimum absolute atomic E-state index is 0.483. The second-order valence-corrected chi connectivity index (χ2v) is 4.53. The van der Waals surface area contributed by atoms with Crippen molar-refractivity contribution in [3.63, 3.8) is 0 Å². The van der Waals surface area contributed by atoms with Gasteiger partial charge >= 0.3 is 0 Å². The Morgan fingerprint density at radius 3 is 2.79 bits per heavy atom. The molecule has 0 saturated carbocycles. The predicted molar refractivity (Wildman–Crippen MR) is 77.0 cm³/mol. The third kappa shape index (κ3) is 2.01. The number of hydrogen-bond donors (Lipinski definition) is 2. The van der Waals surface area contributed by atoms with Crippen molar-refractivity contribution in [3.8, 4) is 11.1 Å². The Morgan fingerprint density at radius 1 is 1.16 bits per heavy atom. The maximum atomic E-state index is 7.86. The molecule has 2 aromatic rings. The molecule has 1 aliphatic rings. The van der Waals surface area contributed by atoms with E-state index in [9.17, 15) is 0 Å². The summed E-state index contributed by atoms with van der Waals surface area (Å²) in [6.45, 7) is 0. The van der Waals surface area contributed by atoms with E-state index in [-0.39, 0.29) is 0 Å². The lowest BCUT2D eigenvalue weighted by Crippen LogP contribution is -2.32. The molecule has 0 bridgehead atoms. The van der Waals surface area contributed by atoms with Gasteiger partial charge in [-0.25, -0.2) is 0 Å². The molecule has 19 heavy (non-hydrogen) atoms. The zero-order valence-electron chi connectivity index (χ0n) is 10.4. The first-order chi connectivity index (χ1) is 9.29. The summed E-state index contributed by atoms with van der Waals surface area (Å²) in [7, 11) is 0. The average molecular weight is 250 g/mol. The zero-order valence-corrected chi connectivity index (χ0v) is 10.4. The zero-order chi connectivity index (χ0) is 13.2. The third-order valence-electron chi connectivity index (χ3n) is 3.38. The van der Waals surface area contributed by atoms with Crippen LogP contribution in [-0.4, -0.2) is 17.2 Å². The summed E-state index contributed by atoms with van der Waals surface area (Å²) in [5, 5.41) is 15.3. The quantitative estimate of drug-likeness (QED) is 0.635. The molecule has 1 aliphatic heterocycles. The summed E-state index contributed by atoms with van der Waals surface area (Å²) in [5.41, 5.74) is 4.34. The molecular weight excluding hydrogens is 236 g/mol. The molecule has 0 radical (unpaired) electrons. The van der Waals surface area contributed by atoms with Crippen LogP contribution in [0.4, 0.5) is 5.69 Å². The van der Waals surface area contributed by atoms with Crippen LogP contribution in [0.3, 0.4) is 0 Å². The van der Waals surface area contributed by atoms with Gasteiger partial charge in [-0.15, -0.1) is 0 Å². The van der Waals surface area contributed by atoms with Crippen molar-refractivity contribution >= 4 is 17.9 Å². The van der Waals surface area contributed by atoms with Gasteiger partial charge in [-0.05, 0) is 41.3 Å². The van der Waals surface area contributed by atoms with Gasteiger partial charge in [-0.1, -0.05) is 12.1 Å². The van der Waals surface area contributed by atoms with Gasteiger partial charge in [0.25, 0.3) is 0 Å². The molecule has 1 aromatic heterocycles. The lowest BCUT2D eigenvalue weighted by Gasteiger charge is -2.28. The Balaban J connectivity index is 2.06. The van der Waals surface area contributed by atoms with E-state index < -0.39 is 0 Å². The molecule has 2 heterocycles. The van der Waals surface area contributed by atoms with E-state index >= 15 is 0 Å². The van der Waals surface area contributed by atoms with Crippen molar-refractivity contribution in [1.29, 1.82) is 10.8 Å². The van der Waals surface area contributed by atoms with E-state index in [1.165, 1.54) is 11.9 Å². The molecule has 0 fully saturated rings. The molecule has 0 atom stereocenters. The number of fused-ring (bicyclic) bond motifs is 1. The minimum atomic E-state index is 0.483. The maximum Gasteiger partial charge on any atom is 0.106 e. The summed E-state index contributed by atoms with van der Waals surface area (Å²) in [5.74, 6) is 0.483. The number of amidine groups is 1. The van der Waals surface area contributed by atoms with Crippen LogP contribution in [0.15, 0.2) is 42.7 Å². The summed E-state index contributed by atoms with van der Waals surface area (Å²) in [6, 6.07) is 10.1. The van der Waals surface area contributed by atoms with Crippen LogP contribution in [0.1, 0.15) is 12.0 Å². The monoisotopic (exact) mass is 250 g/mol. The van der Waals surface area contributed by atoms with E-state index in [0.717, 1.165) is 23.2 Å². The van der Waals surface area contributed by atoms with Crippen LogP contribution < -0.4 is 4.90 Å². The molecular formula is C15H14N4. The number of aromatic nitrogens is 1. The summed E-state index contributed by atoms with van der Waals surface area (Å²) in [4.78, 5) is 5.77. The number of benzene rings is 1. The van der Waals surface area contributed by atoms with Crippen LogP contribution >= 0.6 is 0 Å². The number of pyridine rings is 1. The highest BCUT2D eigenvalue weighted by Crippen LogP contribution is 2.31. The number of hydrogen-bond acceptors (Lipinski definition) is 3. The van der Waals surface area contributed by atoms with E-state index in [1.54, 1.807) is 11.1 Å². The smallest absolute Gasteiger partial charge is 0.106 e. The summed E-state index contributed by atoms with van der Waals surface area (Å²) in [6.07, 6.45) is 6.36. The fourth-order valence-corrected chi connectivity index (χ4v) is 2.40. The highest BCUT2D eigenvalue weighted by atomic mass is 15.2. The number of nitrogens with zero attached hydrogens (tertiary/aromatic N) is 2. The number of anilines is 1. The number of rotatable bonds is 2. The summed E-state index contributed by atoms with van der Waals surface area (Å²) < 4.78 is 0. The maximum absolute atomic E-state index is 7.86. The highest BCUT2D eigenvalue weighted by Gasteiger charge is 2.20. The van der Waals surface area contributed by atoms with Gasteiger partial charge < -0.3 is 0 Å². The van der Waals surface area contributed by atoms with E-state index in [4.69, 9.17) is 10.8 Å². The van der Waals surface area contributed by atoms with Crippen LogP contribution in [0.5, 0.6) is 0 Å². The molecule has 0 aliphatic carbocycles. The van der Waals surface area contributed by atoms with Crippen molar-refractivity contribution in [3.05, 3.63) is 48.3 Å². The highest BCUT2D eigenvalue weighted by molar-refractivity contribution is 6.11. The minimum Gasteiger partial charge on any atom is -0.291 e. The molecule has 1 aromatic carbocycles. The van der Waals surface area contributed by atoms with Crippen molar-refractivity contribution in [2.75, 3.05) is 4.90 Å². The second-order valence-electron chi connectivity index (χ2n) is 4.53. The Hall–Kier alpha value is -2.49. The van der Waals surface area contributed by atoms with Gasteiger partial charge in [0.15, 0.2) is 0 Å². The molecule has 0 spiro atoms.